The Morgan fingerprint density at radius 2 is 2.36 bits per heavy atom. The Hall–Kier alpha value is -0.610. The summed E-state index contributed by atoms with van der Waals surface area (Å²) in [4.78, 5) is 14.0. The van der Waals surface area contributed by atoms with E-state index >= 15 is 0 Å². The van der Waals surface area contributed by atoms with E-state index in [1.807, 2.05) is 4.90 Å². The monoisotopic (exact) mass is 198 g/mol. The molecule has 2 aliphatic heterocycles. The number of ether oxygens (including phenoxy) is 1. The summed E-state index contributed by atoms with van der Waals surface area (Å²) in [5, 5.41) is 3.14. The largest absolute Gasteiger partial charge is 0.377 e. The van der Waals surface area contributed by atoms with Crippen molar-refractivity contribution in [3.8, 4) is 0 Å². The van der Waals surface area contributed by atoms with Crippen molar-refractivity contribution in [3.63, 3.8) is 0 Å². The molecule has 14 heavy (non-hydrogen) atoms. The topological polar surface area (TPSA) is 41.6 Å². The van der Waals surface area contributed by atoms with Gasteiger partial charge in [-0.05, 0) is 6.42 Å². The molecule has 0 saturated carbocycles. The van der Waals surface area contributed by atoms with E-state index < -0.39 is 0 Å². The van der Waals surface area contributed by atoms with Gasteiger partial charge < -0.3 is 15.0 Å². The summed E-state index contributed by atoms with van der Waals surface area (Å²) >= 11 is 0. The molecule has 0 radical (unpaired) electrons. The molecular formula is C10H18N2O2. The summed E-state index contributed by atoms with van der Waals surface area (Å²) in [5.74, 6) is 0.543. The fourth-order valence-corrected chi connectivity index (χ4v) is 1.98. The molecule has 4 nitrogen and oxygen atoms in total. The highest BCUT2D eigenvalue weighted by Crippen LogP contribution is 2.16. The third kappa shape index (κ3) is 1.77. The van der Waals surface area contributed by atoms with Crippen LogP contribution in [0.5, 0.6) is 0 Å². The maximum absolute atomic E-state index is 12.0. The Morgan fingerprint density at radius 1 is 1.57 bits per heavy atom. The van der Waals surface area contributed by atoms with Gasteiger partial charge in [-0.1, -0.05) is 6.92 Å². The van der Waals surface area contributed by atoms with Gasteiger partial charge in [-0.25, -0.2) is 0 Å². The number of amides is 1. The number of carbonyl (C=O) groups excluding carboxylic acids is 1. The molecule has 2 aliphatic rings. The average molecular weight is 198 g/mol. The zero-order valence-corrected chi connectivity index (χ0v) is 8.66. The quantitative estimate of drug-likeness (QED) is 0.670. The fourth-order valence-electron chi connectivity index (χ4n) is 1.98. The summed E-state index contributed by atoms with van der Waals surface area (Å²) in [7, 11) is 0. The molecule has 1 atom stereocenters. The van der Waals surface area contributed by atoms with Crippen LogP contribution in [0.4, 0.5) is 0 Å². The van der Waals surface area contributed by atoms with Crippen LogP contribution in [0.2, 0.25) is 0 Å². The number of nitrogens with zero attached hydrogens (tertiary/aromatic N) is 1. The molecule has 4 heteroatoms. The Kier molecular flexibility index (Phi) is 3.03. The number of morpholine rings is 1. The molecular weight excluding hydrogens is 180 g/mol. The number of rotatable bonds is 2. The van der Waals surface area contributed by atoms with Gasteiger partial charge in [0.1, 0.15) is 0 Å². The Balaban J connectivity index is 1.95. The maximum atomic E-state index is 12.0. The first-order valence-electron chi connectivity index (χ1n) is 5.42. The molecule has 0 aromatic rings. The first kappa shape index (κ1) is 9.93. The van der Waals surface area contributed by atoms with Crippen LogP contribution in [0.3, 0.4) is 0 Å². The molecule has 2 rings (SSSR count). The van der Waals surface area contributed by atoms with Gasteiger partial charge in [-0.3, -0.25) is 4.79 Å². The summed E-state index contributed by atoms with van der Waals surface area (Å²) in [6.07, 6.45) is 0.992. The highest BCUT2D eigenvalue weighted by atomic mass is 16.5. The van der Waals surface area contributed by atoms with Crippen molar-refractivity contribution >= 4 is 5.91 Å². The van der Waals surface area contributed by atoms with E-state index in [-0.39, 0.29) is 5.92 Å². The zero-order valence-electron chi connectivity index (χ0n) is 8.66. The smallest absolute Gasteiger partial charge is 0.228 e. The third-order valence-electron chi connectivity index (χ3n) is 3.11. The predicted octanol–water partition coefficient (Wildman–Crippen LogP) is -0.157. The van der Waals surface area contributed by atoms with Gasteiger partial charge in [0.2, 0.25) is 5.91 Å². The summed E-state index contributed by atoms with van der Waals surface area (Å²) in [6, 6.07) is 0.303. The predicted molar refractivity (Wildman–Crippen MR) is 53.0 cm³/mol. The van der Waals surface area contributed by atoms with E-state index in [9.17, 15) is 4.79 Å². The summed E-state index contributed by atoms with van der Waals surface area (Å²) < 4.78 is 5.38. The van der Waals surface area contributed by atoms with Gasteiger partial charge in [-0.15, -0.1) is 0 Å². The molecule has 0 bridgehead atoms. The minimum Gasteiger partial charge on any atom is -0.377 e. The van der Waals surface area contributed by atoms with Crippen molar-refractivity contribution in [1.82, 2.24) is 10.2 Å². The Bertz CT molecular complexity index is 216. The maximum Gasteiger partial charge on any atom is 0.228 e. The van der Waals surface area contributed by atoms with Gasteiger partial charge >= 0.3 is 0 Å². The molecule has 0 aliphatic carbocycles. The SMILES string of the molecule is CCC1COCCN1C(=O)C1CNC1. The van der Waals surface area contributed by atoms with Crippen molar-refractivity contribution in [1.29, 1.82) is 0 Å². The van der Waals surface area contributed by atoms with E-state index in [1.165, 1.54) is 0 Å². The lowest BCUT2D eigenvalue weighted by atomic mass is 10.00. The fraction of sp³-hybridized carbons (Fsp3) is 0.900. The van der Waals surface area contributed by atoms with E-state index in [0.717, 1.165) is 26.1 Å². The van der Waals surface area contributed by atoms with E-state index in [1.54, 1.807) is 0 Å². The lowest BCUT2D eigenvalue weighted by Crippen LogP contribution is -2.57. The van der Waals surface area contributed by atoms with Gasteiger partial charge in [-0.2, -0.15) is 0 Å². The van der Waals surface area contributed by atoms with Gasteiger partial charge in [0.25, 0.3) is 0 Å². The molecule has 2 fully saturated rings. The van der Waals surface area contributed by atoms with Crippen molar-refractivity contribution < 1.29 is 9.53 Å². The minimum atomic E-state index is 0.224. The zero-order chi connectivity index (χ0) is 9.97. The van der Waals surface area contributed by atoms with E-state index in [0.29, 0.717) is 25.2 Å². The van der Waals surface area contributed by atoms with Gasteiger partial charge in [0, 0.05) is 19.6 Å². The third-order valence-corrected chi connectivity index (χ3v) is 3.11. The molecule has 0 aromatic carbocycles. The standard InChI is InChI=1S/C10H18N2O2/c1-2-9-7-14-4-3-12(9)10(13)8-5-11-6-8/h8-9,11H,2-7H2,1H3. The minimum absolute atomic E-state index is 0.224. The Labute approximate surface area is 84.6 Å². The highest BCUT2D eigenvalue weighted by molar-refractivity contribution is 5.80. The van der Waals surface area contributed by atoms with Crippen LogP contribution in [0.25, 0.3) is 0 Å². The van der Waals surface area contributed by atoms with Crippen LogP contribution >= 0.6 is 0 Å². The van der Waals surface area contributed by atoms with Crippen LogP contribution in [0, 0.1) is 5.92 Å². The molecule has 2 heterocycles. The first-order chi connectivity index (χ1) is 6.83. The van der Waals surface area contributed by atoms with Crippen molar-refractivity contribution in [2.24, 2.45) is 5.92 Å². The lowest BCUT2D eigenvalue weighted by Gasteiger charge is -2.39. The highest BCUT2D eigenvalue weighted by Gasteiger charge is 2.33. The molecule has 1 amide bonds. The van der Waals surface area contributed by atoms with Crippen molar-refractivity contribution in [3.05, 3.63) is 0 Å². The molecule has 1 unspecified atom stereocenters. The first-order valence-corrected chi connectivity index (χ1v) is 5.42. The summed E-state index contributed by atoms with van der Waals surface area (Å²) in [5.41, 5.74) is 0. The van der Waals surface area contributed by atoms with E-state index in [4.69, 9.17) is 4.74 Å². The van der Waals surface area contributed by atoms with Gasteiger partial charge in [0.15, 0.2) is 0 Å². The summed E-state index contributed by atoms with van der Waals surface area (Å²) in [6.45, 7) is 6.00. The van der Waals surface area contributed by atoms with E-state index in [2.05, 4.69) is 12.2 Å². The number of nitrogens with one attached hydrogen (secondary N) is 1. The number of carbonyl (C=O) groups is 1. The molecule has 0 spiro atoms. The average Bonchev–Trinajstić information content (AvgIpc) is 2.15. The molecule has 1 N–H and O–H groups in total. The van der Waals surface area contributed by atoms with Gasteiger partial charge in [0.05, 0.1) is 25.2 Å². The second-order valence-corrected chi connectivity index (χ2v) is 4.02. The lowest BCUT2D eigenvalue weighted by molar-refractivity contribution is -0.146. The van der Waals surface area contributed by atoms with Crippen molar-refractivity contribution in [2.75, 3.05) is 32.8 Å². The van der Waals surface area contributed by atoms with Crippen LogP contribution in [-0.4, -0.2) is 49.7 Å². The normalized spacial score (nSPS) is 28.6. The number of hydrogen-bond acceptors (Lipinski definition) is 3. The number of hydrogen-bond donors (Lipinski definition) is 1. The second kappa shape index (κ2) is 4.28. The second-order valence-electron chi connectivity index (χ2n) is 4.02. The molecule has 80 valence electrons. The van der Waals surface area contributed by atoms with Crippen molar-refractivity contribution in [2.45, 2.75) is 19.4 Å². The molecule has 0 aromatic heterocycles. The Morgan fingerprint density at radius 3 is 2.93 bits per heavy atom. The van der Waals surface area contributed by atoms with Crippen LogP contribution < -0.4 is 5.32 Å². The van der Waals surface area contributed by atoms with Crippen LogP contribution in [0.15, 0.2) is 0 Å². The molecule has 2 saturated heterocycles. The van der Waals surface area contributed by atoms with Crippen LogP contribution in [-0.2, 0) is 9.53 Å². The van der Waals surface area contributed by atoms with Crippen LogP contribution in [0.1, 0.15) is 13.3 Å².